The van der Waals surface area contributed by atoms with Crippen molar-refractivity contribution in [3.8, 4) is 28.7 Å². The molecule has 6 aromatic rings. The molecule has 21 nitrogen and oxygen atoms in total. The Balaban J connectivity index is 0.000000111. The average Bonchev–Trinajstić information content (AvgIpc) is 1.63. The van der Waals surface area contributed by atoms with E-state index in [2.05, 4.69) is 89.4 Å². The van der Waals surface area contributed by atoms with E-state index in [-0.39, 0.29) is 81.2 Å². The summed E-state index contributed by atoms with van der Waals surface area (Å²) in [6.07, 6.45) is 38.0. The van der Waals surface area contributed by atoms with Gasteiger partial charge in [-0.1, -0.05) is 115 Å². The molecule has 4 fully saturated rings. The van der Waals surface area contributed by atoms with E-state index in [0.29, 0.717) is 52.6 Å². The first kappa shape index (κ1) is 77.6. The Labute approximate surface area is 681 Å². The average molecular weight is 1590 g/mol. The summed E-state index contributed by atoms with van der Waals surface area (Å²) in [4.78, 5) is 64.2. The zero-order valence-electron chi connectivity index (χ0n) is 66.1. The maximum atomic E-state index is 13.5. The van der Waals surface area contributed by atoms with Crippen LogP contribution in [0.1, 0.15) is 106 Å². The Hall–Kier alpha value is -10.0. The predicted octanol–water partition coefficient (Wildman–Crippen LogP) is 11.0. The van der Waals surface area contributed by atoms with E-state index in [1.807, 2.05) is 135 Å². The number of ether oxygens (including phenoxy) is 6. The first-order valence-electron chi connectivity index (χ1n) is 40.7. The van der Waals surface area contributed by atoms with Gasteiger partial charge in [0.25, 0.3) is 23.6 Å². The Morgan fingerprint density at radius 1 is 0.487 bits per heavy atom. The molecule has 6 atom stereocenters. The number of fused-ring (bicyclic) bond motifs is 12. The Morgan fingerprint density at radius 2 is 0.887 bits per heavy atom. The highest BCUT2D eigenvalue weighted by Gasteiger charge is 2.50. The van der Waals surface area contributed by atoms with Gasteiger partial charge in [0.1, 0.15) is 39.4 Å². The molecule has 12 heterocycles. The lowest BCUT2D eigenvalue weighted by atomic mass is 9.74. The first-order valence-corrected chi connectivity index (χ1v) is 42.7. The van der Waals surface area contributed by atoms with Crippen LogP contribution in [0.5, 0.6) is 28.7 Å². The molecule has 4 spiro atoms. The lowest BCUT2D eigenvalue weighted by Crippen LogP contribution is -2.47. The summed E-state index contributed by atoms with van der Waals surface area (Å²) < 4.78 is 36.0. The highest BCUT2D eigenvalue weighted by molar-refractivity contribution is 8.00. The second kappa shape index (κ2) is 32.2. The number of rotatable bonds is 11. The van der Waals surface area contributed by atoms with Crippen LogP contribution in [0, 0.1) is 17.8 Å². The molecule has 600 valence electrons. The van der Waals surface area contributed by atoms with Crippen LogP contribution in [0.4, 0.5) is 0 Å². The molecule has 0 radical (unpaired) electrons. The van der Waals surface area contributed by atoms with Crippen molar-refractivity contribution in [2.75, 3.05) is 106 Å². The Bertz CT molecular complexity index is 5080. The standard InChI is InChI=1S/C24H26N2O3S2.C23H27N3O3.C23H27N3O2.C22H25N3O2/c1-28-19-5-3-4-16-20(19)23(30-2)31-21(16)22(27)26-10-8-24(9-11-26)14-29-18-7-6-15(13-25)12-17(18)24;1-28-16-3-4-20-17(11-16)18(13-25-20)22(27)26-8-6-23(7-9-26)14-29-21-5-2-15(12-24)10-19(21)23;1-25-14-18(17-4-2-3-5-20(17)25)22(27)26-10-8-23(9-11-26)15-28-21-7-6-16(13-24)12-19(21)23;23-12-15-5-6-20-18(11-15)22(14-27-20)7-9-25(10-8-22)21(26)17-13-24-19-4-2-1-3-16(17)19/h3-7,12H,8-11,13-14,25H2,1-2H3;2-5,10-11,13,17,20,25H,6-9,12,14,24H2,1H3;2-7,12,14,17,20H,8-11,13,15,24H2,1H3;1-6,11,13,16,19,24H,7-10,12,14,23H2. The van der Waals surface area contributed by atoms with Crippen molar-refractivity contribution in [1.29, 1.82) is 0 Å². The third kappa shape index (κ3) is 14.3. The van der Waals surface area contributed by atoms with Crippen LogP contribution in [0.2, 0.25) is 0 Å². The Morgan fingerprint density at radius 3 is 1.31 bits per heavy atom. The number of carbonyl (C=O) groups is 4. The minimum absolute atomic E-state index is 0.00116. The third-order valence-electron chi connectivity index (χ3n) is 26.9. The van der Waals surface area contributed by atoms with Crippen molar-refractivity contribution in [1.82, 2.24) is 35.1 Å². The first-order chi connectivity index (χ1) is 56.0. The van der Waals surface area contributed by atoms with Crippen LogP contribution in [0.15, 0.2) is 203 Å². The van der Waals surface area contributed by atoms with Gasteiger partial charge in [-0.15, -0.1) is 23.1 Å². The van der Waals surface area contributed by atoms with Gasteiger partial charge in [0, 0.05) is 193 Å². The Kier molecular flexibility index (Phi) is 21.7. The highest BCUT2D eigenvalue weighted by Crippen LogP contribution is 2.52. The van der Waals surface area contributed by atoms with Gasteiger partial charge >= 0.3 is 0 Å². The number of thioether (sulfide) groups is 1. The van der Waals surface area contributed by atoms with Gasteiger partial charge < -0.3 is 86.5 Å². The van der Waals surface area contributed by atoms with E-state index in [1.165, 1.54) is 22.3 Å². The number of methoxy groups -OCH3 is 2. The number of nitrogens with zero attached hydrogens (tertiary/aromatic N) is 5. The van der Waals surface area contributed by atoms with E-state index >= 15 is 0 Å². The molecule has 10 N–H and O–H groups in total. The number of benzene rings is 5. The van der Waals surface area contributed by atoms with Crippen LogP contribution < -0.4 is 57.3 Å². The minimum atomic E-state index is -0.0114. The quantitative estimate of drug-likeness (QED) is 0.0658. The van der Waals surface area contributed by atoms with Gasteiger partial charge in [-0.2, -0.15) is 0 Å². The second-order valence-corrected chi connectivity index (χ2v) is 35.1. The predicted molar refractivity (Wildman–Crippen MR) is 450 cm³/mol. The van der Waals surface area contributed by atoms with E-state index in [4.69, 9.17) is 51.4 Å². The molecule has 0 saturated carbocycles. The summed E-state index contributed by atoms with van der Waals surface area (Å²) in [5, 5.41) is 8.68. The van der Waals surface area contributed by atoms with E-state index in [0.717, 1.165) is 197 Å². The fraction of sp³-hybridized carbons (Fsp3) is 0.413. The number of allylic oxidation sites excluding steroid dienone is 5. The van der Waals surface area contributed by atoms with Crippen LogP contribution in [-0.4, -0.2) is 173 Å². The number of thiophene rings is 1. The number of likely N-dealkylation sites (tertiary alicyclic amines) is 4. The monoisotopic (exact) mass is 1590 g/mol. The minimum Gasteiger partial charge on any atom is -0.497 e. The van der Waals surface area contributed by atoms with Crippen LogP contribution in [0.3, 0.4) is 0 Å². The summed E-state index contributed by atoms with van der Waals surface area (Å²) >= 11 is 3.24. The number of piperidine rings is 4. The second-order valence-electron chi connectivity index (χ2n) is 33.0. The lowest BCUT2D eigenvalue weighted by Gasteiger charge is -2.39. The number of hydrogen-bond donors (Lipinski definition) is 6. The van der Waals surface area contributed by atoms with Crippen molar-refractivity contribution in [2.45, 2.75) is 122 Å². The molecule has 23 heteroatoms. The van der Waals surface area contributed by atoms with Gasteiger partial charge in [0.15, 0.2) is 0 Å². The van der Waals surface area contributed by atoms with Crippen molar-refractivity contribution in [2.24, 2.45) is 40.7 Å². The maximum absolute atomic E-state index is 13.5. The summed E-state index contributed by atoms with van der Waals surface area (Å²) in [6, 6.07) is 31.7. The zero-order chi connectivity index (χ0) is 79.3. The number of amides is 4. The largest absolute Gasteiger partial charge is 0.497 e. The zero-order valence-corrected chi connectivity index (χ0v) is 67.8. The van der Waals surface area contributed by atoms with Gasteiger partial charge in [-0.05, 0) is 122 Å². The molecule has 6 unspecified atom stereocenters. The van der Waals surface area contributed by atoms with Crippen LogP contribution in [0.25, 0.3) is 10.8 Å². The van der Waals surface area contributed by atoms with Gasteiger partial charge in [0.2, 0.25) is 0 Å². The smallest absolute Gasteiger partial charge is 0.264 e. The summed E-state index contributed by atoms with van der Waals surface area (Å²) in [6.45, 7) is 10.9. The number of likely N-dealkylation sites (N-methyl/N-ethyl adjacent to an activating group) is 1. The van der Waals surface area contributed by atoms with E-state index in [9.17, 15) is 19.2 Å². The molecular weight excluding hydrogens is 1480 g/mol. The number of hydrogen-bond acceptors (Lipinski definition) is 19. The molecule has 14 aliphatic rings. The number of nitrogens with one attached hydrogen (secondary N) is 2. The van der Waals surface area contributed by atoms with Gasteiger partial charge in [-0.3, -0.25) is 19.2 Å². The molecule has 5 aromatic carbocycles. The van der Waals surface area contributed by atoms with Crippen LogP contribution >= 0.6 is 23.1 Å². The van der Waals surface area contributed by atoms with Gasteiger partial charge in [-0.25, -0.2) is 0 Å². The van der Waals surface area contributed by atoms with Crippen molar-refractivity contribution in [3.63, 3.8) is 0 Å². The number of carbonyl (C=O) groups excluding carboxylic acids is 4. The van der Waals surface area contributed by atoms with Crippen molar-refractivity contribution >= 4 is 57.5 Å². The van der Waals surface area contributed by atoms with E-state index in [1.54, 1.807) is 37.3 Å². The molecule has 3 aliphatic carbocycles. The molecule has 4 amide bonds. The summed E-state index contributed by atoms with van der Waals surface area (Å²) in [7, 11) is 5.39. The highest BCUT2D eigenvalue weighted by atomic mass is 32.2. The SMILES string of the molecule is CN1C=C(C(=O)N2CCC3(CC2)COc2ccc(CN)cc23)C2C=CC=CC21.COC1=CC2C(C(=O)N3CCC4(CC3)COc3ccc(CN)cc34)=CNC2C=C1.COc1cccc2c(C(=O)N3CCC4(CC3)COc3ccc(CN)cc34)sc(SC)c12.NCc1ccc2c(c1)C1(CCN(C(=O)C3=CNC4C=CC=CC34)CC1)CO2. The molecule has 1 aromatic heterocycles. The fourth-order valence-corrected chi connectivity index (χ4v) is 21.8. The topological polar surface area (TPSA) is 268 Å². The summed E-state index contributed by atoms with van der Waals surface area (Å²) in [5.41, 5.74) is 35.7. The third-order valence-corrected chi connectivity index (χ3v) is 29.2. The normalized spacial score (nSPS) is 24.1. The molecule has 20 rings (SSSR count). The molecule has 4 saturated heterocycles. The molecular formula is C92H105N11O10S2. The van der Waals surface area contributed by atoms with Crippen LogP contribution in [-0.2, 0) is 67.0 Å². The van der Waals surface area contributed by atoms with Crippen molar-refractivity contribution in [3.05, 3.63) is 248 Å². The van der Waals surface area contributed by atoms with Gasteiger partial charge in [0.05, 0.1) is 63.0 Å². The maximum Gasteiger partial charge on any atom is 0.264 e. The molecule has 0 bridgehead atoms. The lowest BCUT2D eigenvalue weighted by molar-refractivity contribution is -0.130. The molecule has 115 heavy (non-hydrogen) atoms. The summed E-state index contributed by atoms with van der Waals surface area (Å²) in [5.74, 6) is 6.48. The molecule has 11 aliphatic heterocycles. The van der Waals surface area contributed by atoms with Crippen molar-refractivity contribution < 1.29 is 47.6 Å². The fourth-order valence-electron chi connectivity index (χ4n) is 19.8. The number of nitrogens with two attached hydrogens (primary N) is 4. The van der Waals surface area contributed by atoms with E-state index < -0.39 is 0 Å².